The quantitative estimate of drug-likeness (QED) is 0.711. The number of aromatic nitrogens is 2. The largest absolute Gasteiger partial charge is 0.381 e. The molecule has 0 fully saturated rings. The Bertz CT molecular complexity index is 291. The van der Waals surface area contributed by atoms with E-state index in [1.165, 1.54) is 0 Å². The smallest absolute Gasteiger partial charge is 0.134 e. The van der Waals surface area contributed by atoms with Crippen LogP contribution in [0.1, 0.15) is 43.2 Å². The van der Waals surface area contributed by atoms with Crippen molar-refractivity contribution in [2.24, 2.45) is 0 Å². The third kappa shape index (κ3) is 4.15. The lowest BCUT2D eigenvalue weighted by Gasteiger charge is -2.10. The number of ether oxygens (including phenoxy) is 1. The first-order valence-electron chi connectivity index (χ1n) is 5.95. The predicted molar refractivity (Wildman–Crippen MR) is 66.8 cm³/mol. The number of hydrogen-bond acceptors (Lipinski definition) is 5. The molecule has 0 saturated heterocycles. The second-order valence-corrected chi connectivity index (χ2v) is 4.59. The van der Waals surface area contributed by atoms with E-state index in [2.05, 4.69) is 29.4 Å². The zero-order chi connectivity index (χ0) is 11.8. The van der Waals surface area contributed by atoms with Crippen molar-refractivity contribution in [2.45, 2.75) is 39.7 Å². The van der Waals surface area contributed by atoms with Gasteiger partial charge in [-0.2, -0.15) is 0 Å². The Hall–Kier alpha value is -0.520. The van der Waals surface area contributed by atoms with Crippen LogP contribution < -0.4 is 5.32 Å². The Labute approximate surface area is 101 Å². The van der Waals surface area contributed by atoms with Crippen molar-refractivity contribution in [3.8, 4) is 0 Å². The Morgan fingerprint density at radius 3 is 2.75 bits per heavy atom. The maximum Gasteiger partial charge on any atom is 0.134 e. The molecule has 0 aliphatic heterocycles. The van der Waals surface area contributed by atoms with Crippen molar-refractivity contribution >= 4 is 11.3 Å². The van der Waals surface area contributed by atoms with Crippen LogP contribution in [0.4, 0.5) is 0 Å². The number of rotatable bonds is 8. The van der Waals surface area contributed by atoms with Crippen LogP contribution in [0.3, 0.4) is 0 Å². The van der Waals surface area contributed by atoms with E-state index < -0.39 is 0 Å². The monoisotopic (exact) mass is 243 g/mol. The molecule has 0 aliphatic rings. The Morgan fingerprint density at radius 2 is 2.12 bits per heavy atom. The van der Waals surface area contributed by atoms with Gasteiger partial charge in [0.2, 0.25) is 0 Å². The van der Waals surface area contributed by atoms with Gasteiger partial charge < -0.3 is 10.1 Å². The molecule has 0 spiro atoms. The number of nitrogens with one attached hydrogen (secondary N) is 1. The fourth-order valence-corrected chi connectivity index (χ4v) is 2.45. The molecule has 0 amide bonds. The summed E-state index contributed by atoms with van der Waals surface area (Å²) in [6.45, 7) is 8.74. The van der Waals surface area contributed by atoms with Gasteiger partial charge in [0, 0.05) is 13.0 Å². The Morgan fingerprint density at radius 1 is 1.31 bits per heavy atom. The SMILES string of the molecule is CCNC(CC)c1nnc(CCOCC)s1. The molecule has 0 saturated carbocycles. The van der Waals surface area contributed by atoms with E-state index >= 15 is 0 Å². The van der Waals surface area contributed by atoms with Gasteiger partial charge in [0.25, 0.3) is 0 Å². The van der Waals surface area contributed by atoms with E-state index in [1.54, 1.807) is 11.3 Å². The van der Waals surface area contributed by atoms with Gasteiger partial charge in [-0.15, -0.1) is 10.2 Å². The van der Waals surface area contributed by atoms with Gasteiger partial charge >= 0.3 is 0 Å². The molecule has 0 bridgehead atoms. The maximum absolute atomic E-state index is 5.30. The van der Waals surface area contributed by atoms with Crippen molar-refractivity contribution in [1.29, 1.82) is 0 Å². The fourth-order valence-electron chi connectivity index (χ4n) is 1.46. The summed E-state index contributed by atoms with van der Waals surface area (Å²) in [6, 6.07) is 0.350. The second kappa shape index (κ2) is 7.70. The third-order valence-electron chi connectivity index (χ3n) is 2.30. The highest BCUT2D eigenvalue weighted by atomic mass is 32.1. The maximum atomic E-state index is 5.30. The summed E-state index contributed by atoms with van der Waals surface area (Å²) in [5.41, 5.74) is 0. The van der Waals surface area contributed by atoms with Gasteiger partial charge in [0.15, 0.2) is 0 Å². The minimum Gasteiger partial charge on any atom is -0.381 e. The molecule has 5 heteroatoms. The highest BCUT2D eigenvalue weighted by molar-refractivity contribution is 7.11. The van der Waals surface area contributed by atoms with Crippen LogP contribution in [-0.2, 0) is 11.2 Å². The van der Waals surface area contributed by atoms with Gasteiger partial charge in [-0.05, 0) is 19.9 Å². The predicted octanol–water partition coefficient (Wildman–Crippen LogP) is 2.18. The minimum atomic E-state index is 0.350. The highest BCUT2D eigenvalue weighted by Gasteiger charge is 2.13. The molecule has 4 nitrogen and oxygen atoms in total. The van der Waals surface area contributed by atoms with Crippen molar-refractivity contribution < 1.29 is 4.74 Å². The van der Waals surface area contributed by atoms with E-state index in [-0.39, 0.29) is 0 Å². The molecule has 0 aliphatic carbocycles. The highest BCUT2D eigenvalue weighted by Crippen LogP contribution is 2.20. The summed E-state index contributed by atoms with van der Waals surface area (Å²) in [5.74, 6) is 0. The average Bonchev–Trinajstić information content (AvgIpc) is 2.75. The molecule has 1 aromatic rings. The van der Waals surface area contributed by atoms with Crippen molar-refractivity contribution in [1.82, 2.24) is 15.5 Å². The first kappa shape index (κ1) is 13.5. The molecule has 1 unspecified atom stereocenters. The lowest BCUT2D eigenvalue weighted by Crippen LogP contribution is -2.19. The van der Waals surface area contributed by atoms with Crippen molar-refractivity contribution in [3.63, 3.8) is 0 Å². The topological polar surface area (TPSA) is 47.0 Å². The normalized spacial score (nSPS) is 12.9. The van der Waals surface area contributed by atoms with Crippen LogP contribution in [0, 0.1) is 0 Å². The van der Waals surface area contributed by atoms with Gasteiger partial charge in [-0.3, -0.25) is 0 Å². The van der Waals surface area contributed by atoms with E-state index in [0.717, 1.165) is 42.6 Å². The standard InChI is InChI=1S/C11H21N3OS/c1-4-9(12-5-2)11-14-13-10(16-11)7-8-15-6-3/h9,12H,4-8H2,1-3H3. The summed E-state index contributed by atoms with van der Waals surface area (Å²) < 4.78 is 5.30. The molecular formula is C11H21N3OS. The molecule has 92 valence electrons. The molecular weight excluding hydrogens is 222 g/mol. The first-order chi connectivity index (χ1) is 7.81. The zero-order valence-corrected chi connectivity index (χ0v) is 11.1. The molecule has 16 heavy (non-hydrogen) atoms. The van der Waals surface area contributed by atoms with E-state index in [1.807, 2.05) is 6.92 Å². The summed E-state index contributed by atoms with van der Waals surface area (Å²) in [7, 11) is 0. The van der Waals surface area contributed by atoms with Crippen LogP contribution in [0.15, 0.2) is 0 Å². The van der Waals surface area contributed by atoms with Crippen LogP contribution >= 0.6 is 11.3 Å². The van der Waals surface area contributed by atoms with Crippen LogP contribution in [0.5, 0.6) is 0 Å². The second-order valence-electron chi connectivity index (χ2n) is 3.50. The summed E-state index contributed by atoms with van der Waals surface area (Å²) in [5, 5.41) is 14.0. The summed E-state index contributed by atoms with van der Waals surface area (Å²) >= 11 is 1.69. The molecule has 1 rings (SSSR count). The van der Waals surface area contributed by atoms with Crippen LogP contribution in [-0.4, -0.2) is 30.0 Å². The van der Waals surface area contributed by atoms with E-state index in [0.29, 0.717) is 6.04 Å². The molecule has 1 heterocycles. The minimum absolute atomic E-state index is 0.350. The lowest BCUT2D eigenvalue weighted by molar-refractivity contribution is 0.150. The lowest BCUT2D eigenvalue weighted by atomic mass is 10.2. The van der Waals surface area contributed by atoms with Crippen molar-refractivity contribution in [3.05, 3.63) is 10.0 Å². The van der Waals surface area contributed by atoms with Gasteiger partial charge in [-0.25, -0.2) is 0 Å². The molecule has 0 radical (unpaired) electrons. The van der Waals surface area contributed by atoms with Gasteiger partial charge in [-0.1, -0.05) is 25.2 Å². The van der Waals surface area contributed by atoms with Crippen molar-refractivity contribution in [2.75, 3.05) is 19.8 Å². The van der Waals surface area contributed by atoms with E-state index in [4.69, 9.17) is 4.74 Å². The number of hydrogen-bond donors (Lipinski definition) is 1. The summed E-state index contributed by atoms with van der Waals surface area (Å²) in [4.78, 5) is 0. The Balaban J connectivity index is 2.48. The molecule has 1 aromatic heterocycles. The Kier molecular flexibility index (Phi) is 6.52. The average molecular weight is 243 g/mol. The fraction of sp³-hybridized carbons (Fsp3) is 0.818. The van der Waals surface area contributed by atoms with E-state index in [9.17, 15) is 0 Å². The van der Waals surface area contributed by atoms with Gasteiger partial charge in [0.05, 0.1) is 12.6 Å². The zero-order valence-electron chi connectivity index (χ0n) is 10.3. The molecule has 0 aromatic carbocycles. The van der Waals surface area contributed by atoms with Crippen LogP contribution in [0.25, 0.3) is 0 Å². The summed E-state index contributed by atoms with van der Waals surface area (Å²) in [6.07, 6.45) is 1.92. The van der Waals surface area contributed by atoms with Crippen LogP contribution in [0.2, 0.25) is 0 Å². The number of nitrogens with zero attached hydrogens (tertiary/aromatic N) is 2. The molecule has 1 atom stereocenters. The third-order valence-corrected chi connectivity index (χ3v) is 3.40. The first-order valence-corrected chi connectivity index (χ1v) is 6.76. The van der Waals surface area contributed by atoms with Gasteiger partial charge in [0.1, 0.15) is 10.0 Å². The molecule has 1 N–H and O–H groups in total.